The van der Waals surface area contributed by atoms with Crippen LogP contribution in [0, 0.1) is 6.92 Å². The molecule has 0 unspecified atom stereocenters. The Morgan fingerprint density at radius 3 is 2.44 bits per heavy atom. The van der Waals surface area contributed by atoms with Gasteiger partial charge in [-0.3, -0.25) is 14.7 Å². The molecule has 2 aliphatic heterocycles. The summed E-state index contributed by atoms with van der Waals surface area (Å²) in [5.74, 6) is 0.994. The van der Waals surface area contributed by atoms with Crippen LogP contribution in [0.25, 0.3) is 0 Å². The normalized spacial score (nSPS) is 20.0. The van der Waals surface area contributed by atoms with E-state index < -0.39 is 0 Å². The lowest BCUT2D eigenvalue weighted by Gasteiger charge is -2.41. The molecule has 2 aromatic rings. The molecule has 8 heteroatoms. The van der Waals surface area contributed by atoms with Crippen molar-refractivity contribution in [2.45, 2.75) is 44.8 Å². The van der Waals surface area contributed by atoms with Crippen LogP contribution in [-0.4, -0.2) is 68.6 Å². The minimum absolute atomic E-state index is 0.0883. The number of ether oxygens (including phenoxy) is 1. The predicted octanol–water partition coefficient (Wildman–Crippen LogP) is 2.39. The number of hydrogen-bond donors (Lipinski definition) is 0. The summed E-state index contributed by atoms with van der Waals surface area (Å²) in [6.45, 7) is 5.60. The first-order valence-electron chi connectivity index (χ1n) is 9.59. The van der Waals surface area contributed by atoms with E-state index in [1.54, 1.807) is 12.4 Å². The Morgan fingerprint density at radius 2 is 1.81 bits per heavy atom. The zero-order valence-electron chi connectivity index (χ0n) is 15.6. The second kappa shape index (κ2) is 8.31. The fourth-order valence-corrected chi connectivity index (χ4v) is 4.60. The number of aromatic nitrogens is 3. The van der Waals surface area contributed by atoms with Gasteiger partial charge in [0, 0.05) is 44.6 Å². The van der Waals surface area contributed by atoms with Crippen molar-refractivity contribution < 1.29 is 9.53 Å². The highest BCUT2D eigenvalue weighted by molar-refractivity contribution is 7.07. The van der Waals surface area contributed by atoms with Crippen molar-refractivity contribution in [3.63, 3.8) is 0 Å². The Morgan fingerprint density at radius 1 is 1.11 bits per heavy atom. The zero-order valence-corrected chi connectivity index (χ0v) is 16.4. The molecule has 144 valence electrons. The average Bonchev–Trinajstić information content (AvgIpc) is 3.15. The maximum Gasteiger partial charge on any atom is 0.267 e. The smallest absolute Gasteiger partial charge is 0.267 e. The molecule has 4 rings (SSSR count). The van der Waals surface area contributed by atoms with Gasteiger partial charge >= 0.3 is 0 Å². The molecule has 2 aliphatic rings. The maximum atomic E-state index is 12.6. The summed E-state index contributed by atoms with van der Waals surface area (Å²) >= 11 is 1.20. The lowest BCUT2D eigenvalue weighted by Crippen LogP contribution is -2.50. The maximum absolute atomic E-state index is 12.6. The van der Waals surface area contributed by atoms with Crippen molar-refractivity contribution in [3.05, 3.63) is 35.1 Å². The zero-order chi connectivity index (χ0) is 18.6. The monoisotopic (exact) mass is 387 g/mol. The van der Waals surface area contributed by atoms with Crippen LogP contribution in [0.4, 0.5) is 0 Å². The van der Waals surface area contributed by atoms with Gasteiger partial charge in [-0.05, 0) is 56.3 Å². The van der Waals surface area contributed by atoms with Gasteiger partial charge in [0.25, 0.3) is 5.91 Å². The number of amides is 1. The number of pyridine rings is 1. The molecule has 0 saturated carbocycles. The van der Waals surface area contributed by atoms with E-state index in [0.717, 1.165) is 63.3 Å². The number of piperidine rings is 2. The van der Waals surface area contributed by atoms with Crippen molar-refractivity contribution in [1.82, 2.24) is 24.4 Å². The van der Waals surface area contributed by atoms with E-state index in [4.69, 9.17) is 4.74 Å². The standard InChI is InChI=1S/C19H25N5O2S/c1-14-18(27-22-21-14)19(25)24-10-4-15(5-11-24)23-12-6-17(7-13-23)26-16-2-8-20-9-3-16/h2-3,8-9,15,17H,4-7,10-13H2,1H3. The number of nitrogens with zero attached hydrogens (tertiary/aromatic N) is 5. The van der Waals surface area contributed by atoms with Crippen molar-refractivity contribution in [1.29, 1.82) is 0 Å². The van der Waals surface area contributed by atoms with E-state index in [-0.39, 0.29) is 12.0 Å². The van der Waals surface area contributed by atoms with Gasteiger partial charge in [0.15, 0.2) is 0 Å². The Bertz CT molecular complexity index is 752. The lowest BCUT2D eigenvalue weighted by molar-refractivity contribution is 0.0427. The second-order valence-corrected chi connectivity index (χ2v) is 8.00. The molecule has 2 saturated heterocycles. The van der Waals surface area contributed by atoms with Crippen LogP contribution in [0.1, 0.15) is 41.0 Å². The number of rotatable bonds is 4. The summed E-state index contributed by atoms with van der Waals surface area (Å²) in [5, 5.41) is 3.96. The SMILES string of the molecule is Cc1nnsc1C(=O)N1CCC(N2CCC(Oc3ccncc3)CC2)CC1. The molecule has 0 aromatic carbocycles. The van der Waals surface area contributed by atoms with Crippen molar-refractivity contribution >= 4 is 17.4 Å². The fraction of sp³-hybridized carbons (Fsp3) is 0.579. The van der Waals surface area contributed by atoms with Crippen LogP contribution in [0.5, 0.6) is 5.75 Å². The largest absolute Gasteiger partial charge is 0.490 e. The van der Waals surface area contributed by atoms with Gasteiger partial charge in [0.2, 0.25) is 0 Å². The summed E-state index contributed by atoms with van der Waals surface area (Å²) < 4.78 is 9.95. The highest BCUT2D eigenvalue weighted by atomic mass is 32.1. The number of aryl methyl sites for hydroxylation is 1. The van der Waals surface area contributed by atoms with Crippen molar-refractivity contribution in [2.75, 3.05) is 26.2 Å². The van der Waals surface area contributed by atoms with Crippen molar-refractivity contribution in [3.8, 4) is 5.75 Å². The molecule has 0 aliphatic carbocycles. The van der Waals surface area contributed by atoms with Crippen molar-refractivity contribution in [2.24, 2.45) is 0 Å². The molecule has 7 nitrogen and oxygen atoms in total. The molecule has 0 bridgehead atoms. The molecule has 2 fully saturated rings. The average molecular weight is 388 g/mol. The van der Waals surface area contributed by atoms with Gasteiger partial charge in [-0.2, -0.15) is 0 Å². The van der Waals surface area contributed by atoms with E-state index in [1.807, 2.05) is 24.0 Å². The fourth-order valence-electron chi connectivity index (χ4n) is 3.97. The lowest BCUT2D eigenvalue weighted by atomic mass is 9.98. The minimum Gasteiger partial charge on any atom is -0.490 e. The third-order valence-electron chi connectivity index (χ3n) is 5.54. The first-order valence-corrected chi connectivity index (χ1v) is 10.4. The van der Waals surface area contributed by atoms with Crippen LogP contribution in [0.15, 0.2) is 24.5 Å². The molecular weight excluding hydrogens is 362 g/mol. The first-order chi connectivity index (χ1) is 13.2. The summed E-state index contributed by atoms with van der Waals surface area (Å²) in [5.41, 5.74) is 0.739. The Hall–Kier alpha value is -2.06. The summed E-state index contributed by atoms with van der Waals surface area (Å²) in [6, 6.07) is 4.40. The number of likely N-dealkylation sites (tertiary alicyclic amines) is 2. The van der Waals surface area contributed by atoms with Gasteiger partial charge in [-0.15, -0.1) is 5.10 Å². The minimum atomic E-state index is 0.0883. The molecule has 0 N–H and O–H groups in total. The van der Waals surface area contributed by atoms with Crippen LogP contribution in [0.2, 0.25) is 0 Å². The summed E-state index contributed by atoms with van der Waals surface area (Å²) in [4.78, 5) is 21.8. The number of carbonyl (C=O) groups is 1. The van der Waals surface area contributed by atoms with Gasteiger partial charge in [0.1, 0.15) is 16.7 Å². The van der Waals surface area contributed by atoms with E-state index in [1.165, 1.54) is 11.5 Å². The van der Waals surface area contributed by atoms with Crippen LogP contribution >= 0.6 is 11.5 Å². The summed E-state index contributed by atoms with van der Waals surface area (Å²) in [7, 11) is 0. The van der Waals surface area contributed by atoms with Crippen LogP contribution < -0.4 is 4.74 Å². The highest BCUT2D eigenvalue weighted by Gasteiger charge is 2.31. The topological polar surface area (TPSA) is 71.5 Å². The van der Waals surface area contributed by atoms with E-state index in [2.05, 4.69) is 19.5 Å². The highest BCUT2D eigenvalue weighted by Crippen LogP contribution is 2.25. The quantitative estimate of drug-likeness (QED) is 0.802. The number of carbonyl (C=O) groups excluding carboxylic acids is 1. The van der Waals surface area contributed by atoms with E-state index in [0.29, 0.717) is 10.9 Å². The Balaban J connectivity index is 1.24. The van der Waals surface area contributed by atoms with Gasteiger partial charge in [-0.1, -0.05) is 4.49 Å². The van der Waals surface area contributed by atoms with Gasteiger partial charge < -0.3 is 9.64 Å². The molecule has 27 heavy (non-hydrogen) atoms. The molecule has 0 radical (unpaired) electrons. The van der Waals surface area contributed by atoms with Gasteiger partial charge in [0.05, 0.1) is 5.69 Å². The molecular formula is C19H25N5O2S. The molecule has 2 aromatic heterocycles. The van der Waals surface area contributed by atoms with E-state index >= 15 is 0 Å². The first kappa shape index (κ1) is 18.3. The van der Waals surface area contributed by atoms with E-state index in [9.17, 15) is 4.79 Å². The Kier molecular flexibility index (Phi) is 5.63. The second-order valence-electron chi connectivity index (χ2n) is 7.25. The van der Waals surface area contributed by atoms with Crippen LogP contribution in [-0.2, 0) is 0 Å². The third kappa shape index (κ3) is 4.27. The predicted molar refractivity (Wildman–Crippen MR) is 103 cm³/mol. The molecule has 1 amide bonds. The van der Waals surface area contributed by atoms with Gasteiger partial charge in [-0.25, -0.2) is 0 Å². The number of hydrogen-bond acceptors (Lipinski definition) is 7. The molecule has 0 atom stereocenters. The Labute approximate surface area is 163 Å². The molecule has 0 spiro atoms. The molecule has 4 heterocycles. The van der Waals surface area contributed by atoms with Crippen LogP contribution in [0.3, 0.4) is 0 Å². The third-order valence-corrected chi connectivity index (χ3v) is 6.36. The summed E-state index contributed by atoms with van der Waals surface area (Å²) in [6.07, 6.45) is 7.99.